The van der Waals surface area contributed by atoms with Crippen LogP contribution in [0.1, 0.15) is 11.7 Å². The normalized spacial score (nSPS) is 21.8. The maximum Gasteiger partial charge on any atom is 0.125 e. The standard InChI is InChI=1S/C12H16N4S/c1-16-5-4-14-7-11(16)10-8-17-12(15-10)9-2-3-13-6-9/h2-3,6,8,11,13-14H,4-5,7H2,1H3. The largest absolute Gasteiger partial charge is 0.367 e. The van der Waals surface area contributed by atoms with Crippen LogP contribution in [-0.4, -0.2) is 41.5 Å². The monoisotopic (exact) mass is 248 g/mol. The zero-order chi connectivity index (χ0) is 11.7. The number of thiazole rings is 1. The zero-order valence-electron chi connectivity index (χ0n) is 9.81. The predicted octanol–water partition coefficient (Wildman–Crippen LogP) is 1.71. The second kappa shape index (κ2) is 4.60. The van der Waals surface area contributed by atoms with Crippen LogP contribution in [-0.2, 0) is 0 Å². The number of aromatic nitrogens is 2. The molecular weight excluding hydrogens is 232 g/mol. The minimum atomic E-state index is 0.410. The highest BCUT2D eigenvalue weighted by atomic mass is 32.1. The van der Waals surface area contributed by atoms with Gasteiger partial charge in [0, 0.05) is 43.0 Å². The van der Waals surface area contributed by atoms with Crippen molar-refractivity contribution in [3.05, 3.63) is 29.5 Å². The average molecular weight is 248 g/mol. The lowest BCUT2D eigenvalue weighted by Crippen LogP contribution is -2.43. The summed E-state index contributed by atoms with van der Waals surface area (Å²) in [5, 5.41) is 6.70. The molecule has 0 aromatic carbocycles. The van der Waals surface area contributed by atoms with Crippen LogP contribution in [0.5, 0.6) is 0 Å². The second-order valence-corrected chi connectivity index (χ2v) is 5.24. The molecule has 2 aromatic rings. The van der Waals surface area contributed by atoms with Crippen LogP contribution in [0, 0.1) is 0 Å². The Balaban J connectivity index is 1.84. The molecule has 3 heterocycles. The molecule has 0 radical (unpaired) electrons. The fourth-order valence-corrected chi connectivity index (χ4v) is 3.03. The lowest BCUT2D eigenvalue weighted by Gasteiger charge is -2.31. The molecular formula is C12H16N4S. The highest BCUT2D eigenvalue weighted by Gasteiger charge is 2.22. The van der Waals surface area contributed by atoms with E-state index in [9.17, 15) is 0 Å². The van der Waals surface area contributed by atoms with Gasteiger partial charge in [-0.2, -0.15) is 0 Å². The number of H-pyrrole nitrogens is 1. The summed E-state index contributed by atoms with van der Waals surface area (Å²) in [6, 6.07) is 2.47. The van der Waals surface area contributed by atoms with Crippen LogP contribution < -0.4 is 5.32 Å². The Morgan fingerprint density at radius 3 is 3.24 bits per heavy atom. The van der Waals surface area contributed by atoms with Gasteiger partial charge in [0.2, 0.25) is 0 Å². The van der Waals surface area contributed by atoms with Crippen molar-refractivity contribution in [2.45, 2.75) is 6.04 Å². The third kappa shape index (κ3) is 2.13. The summed E-state index contributed by atoms with van der Waals surface area (Å²) in [4.78, 5) is 10.2. The molecule has 1 unspecified atom stereocenters. The first-order valence-corrected chi connectivity index (χ1v) is 6.72. The molecule has 0 saturated carbocycles. The number of aromatic amines is 1. The van der Waals surface area contributed by atoms with Gasteiger partial charge in [-0.05, 0) is 13.1 Å². The van der Waals surface area contributed by atoms with E-state index in [2.05, 4.69) is 33.7 Å². The molecule has 2 N–H and O–H groups in total. The minimum absolute atomic E-state index is 0.410. The van der Waals surface area contributed by atoms with Crippen LogP contribution in [0.4, 0.5) is 0 Å². The molecule has 4 nitrogen and oxygen atoms in total. The van der Waals surface area contributed by atoms with Gasteiger partial charge >= 0.3 is 0 Å². The van der Waals surface area contributed by atoms with Crippen molar-refractivity contribution < 1.29 is 0 Å². The molecule has 2 aromatic heterocycles. The molecule has 1 atom stereocenters. The van der Waals surface area contributed by atoms with Crippen LogP contribution in [0.15, 0.2) is 23.8 Å². The number of hydrogen-bond donors (Lipinski definition) is 2. The molecule has 0 aliphatic carbocycles. The predicted molar refractivity (Wildman–Crippen MR) is 70.1 cm³/mol. The van der Waals surface area contributed by atoms with E-state index in [1.54, 1.807) is 11.3 Å². The molecule has 3 rings (SSSR count). The maximum absolute atomic E-state index is 4.74. The van der Waals surface area contributed by atoms with Gasteiger partial charge in [-0.25, -0.2) is 4.98 Å². The molecule has 1 saturated heterocycles. The number of likely N-dealkylation sites (N-methyl/N-ethyl adjacent to an activating group) is 1. The van der Waals surface area contributed by atoms with E-state index in [-0.39, 0.29) is 0 Å². The van der Waals surface area contributed by atoms with E-state index in [0.717, 1.165) is 24.6 Å². The van der Waals surface area contributed by atoms with Gasteiger partial charge in [-0.3, -0.25) is 4.90 Å². The third-order valence-corrected chi connectivity index (χ3v) is 4.13. The van der Waals surface area contributed by atoms with Crippen LogP contribution >= 0.6 is 11.3 Å². The van der Waals surface area contributed by atoms with Gasteiger partial charge in [0.1, 0.15) is 5.01 Å². The Morgan fingerprint density at radius 2 is 2.47 bits per heavy atom. The van der Waals surface area contributed by atoms with Gasteiger partial charge in [0.05, 0.1) is 11.7 Å². The highest BCUT2D eigenvalue weighted by Crippen LogP contribution is 2.28. The van der Waals surface area contributed by atoms with Crippen LogP contribution in [0.2, 0.25) is 0 Å². The fourth-order valence-electron chi connectivity index (χ4n) is 2.16. The van der Waals surface area contributed by atoms with Crippen LogP contribution in [0.3, 0.4) is 0 Å². The van der Waals surface area contributed by atoms with E-state index in [1.165, 1.54) is 11.3 Å². The highest BCUT2D eigenvalue weighted by molar-refractivity contribution is 7.13. The molecule has 1 aliphatic heterocycles. The van der Waals surface area contributed by atoms with E-state index in [1.807, 2.05) is 12.4 Å². The van der Waals surface area contributed by atoms with Crippen molar-refractivity contribution >= 4 is 11.3 Å². The number of hydrogen-bond acceptors (Lipinski definition) is 4. The third-order valence-electron chi connectivity index (χ3n) is 3.22. The number of nitrogens with one attached hydrogen (secondary N) is 2. The number of piperazine rings is 1. The second-order valence-electron chi connectivity index (χ2n) is 4.38. The van der Waals surface area contributed by atoms with E-state index in [4.69, 9.17) is 4.98 Å². The molecule has 1 fully saturated rings. The van der Waals surface area contributed by atoms with Gasteiger partial charge in [0.25, 0.3) is 0 Å². The van der Waals surface area contributed by atoms with Gasteiger partial charge in [0.15, 0.2) is 0 Å². The van der Waals surface area contributed by atoms with Crippen LogP contribution in [0.25, 0.3) is 10.6 Å². The Labute approximate surface area is 105 Å². The molecule has 90 valence electrons. The average Bonchev–Trinajstić information content (AvgIpc) is 3.00. The smallest absolute Gasteiger partial charge is 0.125 e. The summed E-state index contributed by atoms with van der Waals surface area (Å²) >= 11 is 1.72. The summed E-state index contributed by atoms with van der Waals surface area (Å²) in [6.45, 7) is 3.15. The fraction of sp³-hybridized carbons (Fsp3) is 0.417. The number of rotatable bonds is 2. The topological polar surface area (TPSA) is 44.0 Å². The van der Waals surface area contributed by atoms with Crippen molar-refractivity contribution in [2.24, 2.45) is 0 Å². The van der Waals surface area contributed by atoms with Crippen molar-refractivity contribution in [1.29, 1.82) is 0 Å². The summed E-state index contributed by atoms with van der Waals surface area (Å²) in [5.74, 6) is 0. The van der Waals surface area contributed by atoms with Crippen molar-refractivity contribution in [1.82, 2.24) is 20.2 Å². The Kier molecular flexibility index (Phi) is 2.96. The van der Waals surface area contributed by atoms with Gasteiger partial charge in [-0.1, -0.05) is 0 Å². The summed E-state index contributed by atoms with van der Waals surface area (Å²) in [6.07, 6.45) is 3.93. The summed E-state index contributed by atoms with van der Waals surface area (Å²) < 4.78 is 0. The molecule has 0 amide bonds. The van der Waals surface area contributed by atoms with E-state index in [0.29, 0.717) is 6.04 Å². The summed E-state index contributed by atoms with van der Waals surface area (Å²) in [7, 11) is 2.17. The Morgan fingerprint density at radius 1 is 1.53 bits per heavy atom. The Hall–Kier alpha value is -1.17. The lowest BCUT2D eigenvalue weighted by molar-refractivity contribution is 0.199. The number of nitrogens with zero attached hydrogens (tertiary/aromatic N) is 2. The lowest BCUT2D eigenvalue weighted by atomic mass is 10.1. The quantitative estimate of drug-likeness (QED) is 0.850. The molecule has 1 aliphatic rings. The zero-order valence-corrected chi connectivity index (χ0v) is 10.6. The first kappa shape index (κ1) is 11.0. The molecule has 0 bridgehead atoms. The summed E-state index contributed by atoms with van der Waals surface area (Å²) in [5.41, 5.74) is 2.36. The first-order valence-electron chi connectivity index (χ1n) is 5.84. The molecule has 0 spiro atoms. The first-order chi connectivity index (χ1) is 8.34. The van der Waals surface area contributed by atoms with Gasteiger partial charge in [-0.15, -0.1) is 11.3 Å². The van der Waals surface area contributed by atoms with E-state index >= 15 is 0 Å². The van der Waals surface area contributed by atoms with Crippen molar-refractivity contribution in [3.63, 3.8) is 0 Å². The molecule has 17 heavy (non-hydrogen) atoms. The Bertz CT molecular complexity index is 476. The van der Waals surface area contributed by atoms with Gasteiger partial charge < -0.3 is 10.3 Å². The SMILES string of the molecule is CN1CCNCC1c1csc(-c2cc[nH]c2)n1. The van der Waals surface area contributed by atoms with Crippen molar-refractivity contribution in [2.75, 3.05) is 26.7 Å². The van der Waals surface area contributed by atoms with Crippen molar-refractivity contribution in [3.8, 4) is 10.6 Å². The molecule has 5 heteroatoms. The minimum Gasteiger partial charge on any atom is -0.367 e. The van der Waals surface area contributed by atoms with E-state index < -0.39 is 0 Å². The maximum atomic E-state index is 4.74.